The smallest absolute Gasteiger partial charge is 0.274 e. The number of aryl methyl sites for hydroxylation is 1. The molecule has 1 aliphatic rings. The van der Waals surface area contributed by atoms with E-state index >= 15 is 0 Å². The number of halogens is 1. The average Bonchev–Trinajstić information content (AvgIpc) is 2.89. The monoisotopic (exact) mass is 303 g/mol. The number of amides is 1. The molecule has 1 aliphatic heterocycles. The van der Waals surface area contributed by atoms with Gasteiger partial charge < -0.3 is 9.64 Å². The highest BCUT2D eigenvalue weighted by Crippen LogP contribution is 2.21. The summed E-state index contributed by atoms with van der Waals surface area (Å²) in [4.78, 5) is 14.3. The van der Waals surface area contributed by atoms with Crippen LogP contribution in [0.15, 0.2) is 30.3 Å². The van der Waals surface area contributed by atoms with Gasteiger partial charge in [0, 0.05) is 20.1 Å². The van der Waals surface area contributed by atoms with Crippen LogP contribution in [-0.4, -0.2) is 46.4 Å². The third kappa shape index (κ3) is 2.87. The zero-order chi connectivity index (χ0) is 15.7. The molecular weight excluding hydrogens is 285 g/mol. The zero-order valence-electron chi connectivity index (χ0n) is 12.6. The number of nitrogens with zero attached hydrogens (tertiary/aromatic N) is 3. The van der Waals surface area contributed by atoms with Gasteiger partial charge in [-0.15, -0.1) is 0 Å². The van der Waals surface area contributed by atoms with Crippen molar-refractivity contribution in [3.8, 4) is 11.3 Å². The molecule has 116 valence electrons. The Balaban J connectivity index is 1.85. The molecule has 22 heavy (non-hydrogen) atoms. The highest BCUT2D eigenvalue weighted by molar-refractivity contribution is 5.93. The molecule has 1 amide bonds. The minimum atomic E-state index is -0.287. The molecule has 3 rings (SSSR count). The van der Waals surface area contributed by atoms with Crippen molar-refractivity contribution >= 4 is 5.91 Å². The molecule has 2 heterocycles. The Morgan fingerprint density at radius 3 is 2.77 bits per heavy atom. The lowest BCUT2D eigenvalue weighted by Crippen LogP contribution is -2.44. The van der Waals surface area contributed by atoms with Gasteiger partial charge in [-0.05, 0) is 42.8 Å². The lowest BCUT2D eigenvalue weighted by molar-refractivity contribution is -0.0126. The summed E-state index contributed by atoms with van der Waals surface area (Å²) in [6.07, 6.45) is 0.0398. The third-order valence-electron chi connectivity index (χ3n) is 3.77. The number of morpholine rings is 1. The van der Waals surface area contributed by atoms with Gasteiger partial charge in [-0.2, -0.15) is 5.10 Å². The molecule has 1 aromatic carbocycles. The molecule has 5 nitrogen and oxygen atoms in total. The second kappa shape index (κ2) is 5.88. The van der Waals surface area contributed by atoms with Crippen molar-refractivity contribution in [3.63, 3.8) is 0 Å². The second-order valence-corrected chi connectivity index (χ2v) is 5.48. The van der Waals surface area contributed by atoms with Crippen LogP contribution in [0.25, 0.3) is 11.3 Å². The largest absolute Gasteiger partial charge is 0.375 e. The molecule has 1 aromatic heterocycles. The Morgan fingerprint density at radius 1 is 1.36 bits per heavy atom. The summed E-state index contributed by atoms with van der Waals surface area (Å²) >= 11 is 0. The van der Waals surface area contributed by atoms with Gasteiger partial charge in [-0.1, -0.05) is 0 Å². The average molecular weight is 303 g/mol. The summed E-state index contributed by atoms with van der Waals surface area (Å²) in [5, 5.41) is 4.30. The van der Waals surface area contributed by atoms with Crippen molar-refractivity contribution in [1.82, 2.24) is 14.7 Å². The summed E-state index contributed by atoms with van der Waals surface area (Å²) in [5.74, 6) is -0.386. The second-order valence-electron chi connectivity index (χ2n) is 5.48. The Morgan fingerprint density at radius 2 is 2.09 bits per heavy atom. The number of ether oxygens (including phenoxy) is 1. The predicted octanol–water partition coefficient (Wildman–Crippen LogP) is 2.09. The van der Waals surface area contributed by atoms with Gasteiger partial charge in [0.1, 0.15) is 5.82 Å². The minimum Gasteiger partial charge on any atom is -0.375 e. The fourth-order valence-electron chi connectivity index (χ4n) is 2.63. The fourth-order valence-corrected chi connectivity index (χ4v) is 2.63. The normalized spacial score (nSPS) is 18.5. The lowest BCUT2D eigenvalue weighted by Gasteiger charge is -2.30. The molecule has 0 aliphatic carbocycles. The van der Waals surface area contributed by atoms with Gasteiger partial charge in [0.05, 0.1) is 18.4 Å². The van der Waals surface area contributed by atoms with Crippen LogP contribution in [0, 0.1) is 5.82 Å². The zero-order valence-corrected chi connectivity index (χ0v) is 12.6. The lowest BCUT2D eigenvalue weighted by atomic mass is 10.1. The first-order valence-electron chi connectivity index (χ1n) is 7.25. The molecule has 0 radical (unpaired) electrons. The van der Waals surface area contributed by atoms with E-state index in [2.05, 4.69) is 5.10 Å². The summed E-state index contributed by atoms with van der Waals surface area (Å²) in [7, 11) is 1.78. The summed E-state index contributed by atoms with van der Waals surface area (Å²) < 4.78 is 20.1. The van der Waals surface area contributed by atoms with Crippen molar-refractivity contribution in [1.29, 1.82) is 0 Å². The van der Waals surface area contributed by atoms with Gasteiger partial charge in [0.25, 0.3) is 5.91 Å². The first-order valence-corrected chi connectivity index (χ1v) is 7.25. The third-order valence-corrected chi connectivity index (χ3v) is 3.77. The quantitative estimate of drug-likeness (QED) is 0.853. The van der Waals surface area contributed by atoms with E-state index in [9.17, 15) is 9.18 Å². The number of carbonyl (C=O) groups is 1. The summed E-state index contributed by atoms with van der Waals surface area (Å²) in [6, 6.07) is 7.89. The predicted molar refractivity (Wildman–Crippen MR) is 79.9 cm³/mol. The van der Waals surface area contributed by atoms with Crippen LogP contribution in [0.1, 0.15) is 17.4 Å². The molecule has 6 heteroatoms. The topological polar surface area (TPSA) is 47.4 Å². The molecule has 1 atom stereocenters. The maximum atomic E-state index is 13.0. The van der Waals surface area contributed by atoms with E-state index in [-0.39, 0.29) is 17.8 Å². The molecule has 0 N–H and O–H groups in total. The van der Waals surface area contributed by atoms with E-state index in [1.807, 2.05) is 6.92 Å². The highest BCUT2D eigenvalue weighted by atomic mass is 19.1. The number of hydrogen-bond donors (Lipinski definition) is 0. The number of rotatable bonds is 2. The van der Waals surface area contributed by atoms with Gasteiger partial charge in [-0.3, -0.25) is 9.48 Å². The van der Waals surface area contributed by atoms with Crippen LogP contribution in [0.2, 0.25) is 0 Å². The highest BCUT2D eigenvalue weighted by Gasteiger charge is 2.25. The van der Waals surface area contributed by atoms with Crippen LogP contribution in [0.3, 0.4) is 0 Å². The SMILES string of the molecule is CC1CN(C(=O)c2cc(-c3ccc(F)cc3)n(C)n2)CCO1. The molecular formula is C16H18FN3O2. The Hall–Kier alpha value is -2.21. The maximum absolute atomic E-state index is 13.0. The minimum absolute atomic E-state index is 0.0398. The van der Waals surface area contributed by atoms with Crippen LogP contribution >= 0.6 is 0 Å². The Labute approximate surface area is 128 Å². The van der Waals surface area contributed by atoms with Crippen molar-refractivity contribution in [2.24, 2.45) is 7.05 Å². The van der Waals surface area contributed by atoms with E-state index in [1.54, 1.807) is 34.8 Å². The summed E-state index contributed by atoms with van der Waals surface area (Å²) in [5.41, 5.74) is 2.01. The Bertz CT molecular complexity index is 681. The van der Waals surface area contributed by atoms with E-state index in [4.69, 9.17) is 4.74 Å². The van der Waals surface area contributed by atoms with Gasteiger partial charge in [0.2, 0.25) is 0 Å². The van der Waals surface area contributed by atoms with Crippen LogP contribution in [0.4, 0.5) is 4.39 Å². The molecule has 1 saturated heterocycles. The van der Waals surface area contributed by atoms with Crippen LogP contribution in [-0.2, 0) is 11.8 Å². The van der Waals surface area contributed by atoms with Crippen molar-refractivity contribution in [2.45, 2.75) is 13.0 Å². The molecule has 1 unspecified atom stereocenters. The van der Waals surface area contributed by atoms with Crippen LogP contribution in [0.5, 0.6) is 0 Å². The van der Waals surface area contributed by atoms with Crippen LogP contribution < -0.4 is 0 Å². The van der Waals surface area contributed by atoms with E-state index in [1.165, 1.54) is 12.1 Å². The van der Waals surface area contributed by atoms with Gasteiger partial charge in [0.15, 0.2) is 5.69 Å². The number of hydrogen-bond acceptors (Lipinski definition) is 3. The van der Waals surface area contributed by atoms with Crippen molar-refractivity contribution < 1.29 is 13.9 Å². The van der Waals surface area contributed by atoms with Crippen molar-refractivity contribution in [3.05, 3.63) is 41.8 Å². The molecule has 1 fully saturated rings. The van der Waals surface area contributed by atoms with E-state index < -0.39 is 0 Å². The molecule has 0 spiro atoms. The van der Waals surface area contributed by atoms with E-state index in [0.29, 0.717) is 25.4 Å². The van der Waals surface area contributed by atoms with E-state index in [0.717, 1.165) is 11.3 Å². The first-order chi connectivity index (χ1) is 10.5. The maximum Gasteiger partial charge on any atom is 0.274 e. The van der Waals surface area contributed by atoms with Crippen molar-refractivity contribution in [2.75, 3.05) is 19.7 Å². The first kappa shape index (κ1) is 14.7. The standard InChI is InChI=1S/C16H18FN3O2/c1-11-10-20(7-8-22-11)16(21)14-9-15(19(2)18-14)12-3-5-13(17)6-4-12/h3-6,9,11H,7-8,10H2,1-2H3. The van der Waals surface area contributed by atoms with Gasteiger partial charge >= 0.3 is 0 Å². The summed E-state index contributed by atoms with van der Waals surface area (Å²) in [6.45, 7) is 3.64. The fraction of sp³-hybridized carbons (Fsp3) is 0.375. The molecule has 2 aromatic rings. The number of benzene rings is 1. The van der Waals surface area contributed by atoms with Gasteiger partial charge in [-0.25, -0.2) is 4.39 Å². The molecule has 0 bridgehead atoms. The molecule has 0 saturated carbocycles. The number of carbonyl (C=O) groups excluding carboxylic acids is 1. The number of aromatic nitrogens is 2. The Kier molecular flexibility index (Phi) is 3.94.